The molecule has 0 unspecified atom stereocenters. The molecule has 96 valence electrons. The Morgan fingerprint density at radius 2 is 2.16 bits per heavy atom. The smallest absolute Gasteiger partial charge is 0.203 e. The lowest BCUT2D eigenvalue weighted by molar-refractivity contribution is 0.307. The van der Waals surface area contributed by atoms with E-state index in [1.165, 1.54) is 11.3 Å². The van der Waals surface area contributed by atoms with E-state index in [1.54, 1.807) is 18.3 Å². The number of nitrogens with zero attached hydrogens (tertiary/aromatic N) is 3. The molecule has 0 saturated heterocycles. The summed E-state index contributed by atoms with van der Waals surface area (Å²) in [5.41, 5.74) is 6.25. The van der Waals surface area contributed by atoms with Crippen LogP contribution in [0.4, 0.5) is 5.13 Å². The van der Waals surface area contributed by atoms with Crippen molar-refractivity contribution < 1.29 is 4.74 Å². The molecule has 3 rings (SSSR count). The lowest BCUT2D eigenvalue weighted by Crippen LogP contribution is -1.96. The molecule has 5 nitrogen and oxygen atoms in total. The molecule has 0 atom stereocenters. The molecule has 0 aliphatic heterocycles. The summed E-state index contributed by atoms with van der Waals surface area (Å²) >= 11 is 7.42. The summed E-state index contributed by atoms with van der Waals surface area (Å²) < 4.78 is 5.70. The van der Waals surface area contributed by atoms with Crippen LogP contribution in [0, 0.1) is 0 Å². The zero-order valence-electron chi connectivity index (χ0n) is 9.71. The second-order valence-electron chi connectivity index (χ2n) is 3.77. The van der Waals surface area contributed by atoms with Gasteiger partial charge in [-0.2, -0.15) is 0 Å². The average molecular weight is 293 g/mol. The molecular weight excluding hydrogens is 284 g/mol. The molecule has 0 saturated carbocycles. The van der Waals surface area contributed by atoms with E-state index >= 15 is 0 Å². The van der Waals surface area contributed by atoms with Gasteiger partial charge in [-0.3, -0.25) is 4.98 Å². The second-order valence-corrected chi connectivity index (χ2v) is 5.27. The van der Waals surface area contributed by atoms with E-state index in [-0.39, 0.29) is 0 Å². The molecule has 0 aliphatic carbocycles. The third kappa shape index (κ3) is 2.45. The first-order chi connectivity index (χ1) is 9.24. The normalized spacial score (nSPS) is 10.8. The van der Waals surface area contributed by atoms with Crippen molar-refractivity contribution in [2.45, 2.75) is 6.61 Å². The molecule has 3 aromatic rings. The molecule has 1 aromatic carbocycles. The van der Waals surface area contributed by atoms with Crippen LogP contribution in [0.3, 0.4) is 0 Å². The van der Waals surface area contributed by atoms with Gasteiger partial charge in [0.25, 0.3) is 0 Å². The molecule has 7 heteroatoms. The van der Waals surface area contributed by atoms with Gasteiger partial charge in [-0.05, 0) is 24.3 Å². The predicted octanol–water partition coefficient (Wildman–Crippen LogP) is 2.90. The molecule has 0 spiro atoms. The highest BCUT2D eigenvalue weighted by molar-refractivity contribution is 7.15. The highest BCUT2D eigenvalue weighted by Crippen LogP contribution is 2.30. The van der Waals surface area contributed by atoms with Crippen molar-refractivity contribution in [3.8, 4) is 5.75 Å². The number of rotatable bonds is 3. The fraction of sp³-hybridized carbons (Fsp3) is 0.0833. The highest BCUT2D eigenvalue weighted by atomic mass is 35.5. The Morgan fingerprint density at radius 1 is 1.26 bits per heavy atom. The quantitative estimate of drug-likeness (QED) is 0.803. The van der Waals surface area contributed by atoms with Gasteiger partial charge in [0.15, 0.2) is 5.01 Å². The average Bonchev–Trinajstić information content (AvgIpc) is 2.84. The Morgan fingerprint density at radius 3 is 2.95 bits per heavy atom. The number of benzene rings is 1. The molecule has 0 bridgehead atoms. The predicted molar refractivity (Wildman–Crippen MR) is 75.4 cm³/mol. The molecule has 0 aliphatic rings. The monoisotopic (exact) mass is 292 g/mol. The van der Waals surface area contributed by atoms with Crippen LogP contribution in [0.2, 0.25) is 5.02 Å². The van der Waals surface area contributed by atoms with E-state index < -0.39 is 0 Å². The molecular formula is C12H9ClN4OS. The molecule has 0 radical (unpaired) electrons. The lowest BCUT2D eigenvalue weighted by Gasteiger charge is -2.07. The van der Waals surface area contributed by atoms with Crippen molar-refractivity contribution >= 4 is 39.0 Å². The Hall–Kier alpha value is -1.92. The third-order valence-electron chi connectivity index (χ3n) is 2.51. The number of hydrogen-bond acceptors (Lipinski definition) is 6. The first kappa shape index (κ1) is 12.1. The van der Waals surface area contributed by atoms with Crippen LogP contribution >= 0.6 is 22.9 Å². The maximum atomic E-state index is 6.12. The molecule has 2 heterocycles. The molecule has 2 aromatic heterocycles. The van der Waals surface area contributed by atoms with Gasteiger partial charge in [0, 0.05) is 11.6 Å². The molecule has 0 amide bonds. The largest absolute Gasteiger partial charge is 0.484 e. The number of ether oxygens (including phenoxy) is 1. The van der Waals surface area contributed by atoms with Crippen LogP contribution in [0.15, 0.2) is 30.5 Å². The van der Waals surface area contributed by atoms with Gasteiger partial charge in [-0.1, -0.05) is 22.9 Å². The number of nitrogens with two attached hydrogens (primary N) is 1. The number of pyridine rings is 1. The van der Waals surface area contributed by atoms with Crippen LogP contribution in [0.25, 0.3) is 10.9 Å². The summed E-state index contributed by atoms with van der Waals surface area (Å²) in [6, 6.07) is 7.32. The van der Waals surface area contributed by atoms with E-state index in [9.17, 15) is 0 Å². The van der Waals surface area contributed by atoms with Crippen molar-refractivity contribution in [2.75, 3.05) is 5.73 Å². The Bertz CT molecular complexity index is 731. The van der Waals surface area contributed by atoms with E-state index in [1.807, 2.05) is 12.1 Å². The third-order valence-corrected chi connectivity index (χ3v) is 3.57. The lowest BCUT2D eigenvalue weighted by atomic mass is 10.2. The van der Waals surface area contributed by atoms with E-state index in [2.05, 4.69) is 15.2 Å². The van der Waals surface area contributed by atoms with Crippen LogP contribution in [0.5, 0.6) is 5.75 Å². The number of nitrogen functional groups attached to an aromatic ring is 1. The first-order valence-electron chi connectivity index (χ1n) is 5.48. The summed E-state index contributed by atoms with van der Waals surface area (Å²) in [4.78, 5) is 4.29. The fourth-order valence-corrected chi connectivity index (χ4v) is 2.43. The van der Waals surface area contributed by atoms with Crippen LogP contribution in [-0.4, -0.2) is 15.2 Å². The van der Waals surface area contributed by atoms with Crippen LogP contribution < -0.4 is 10.5 Å². The van der Waals surface area contributed by atoms with Crippen molar-refractivity contribution in [2.24, 2.45) is 0 Å². The summed E-state index contributed by atoms with van der Waals surface area (Å²) in [7, 11) is 0. The van der Waals surface area contributed by atoms with Gasteiger partial charge in [-0.15, -0.1) is 10.2 Å². The van der Waals surface area contributed by atoms with Gasteiger partial charge in [0.2, 0.25) is 5.13 Å². The first-order valence-corrected chi connectivity index (χ1v) is 6.67. The Balaban J connectivity index is 1.91. The van der Waals surface area contributed by atoms with E-state index in [0.717, 1.165) is 15.9 Å². The van der Waals surface area contributed by atoms with Gasteiger partial charge < -0.3 is 10.5 Å². The summed E-state index contributed by atoms with van der Waals surface area (Å²) in [6.45, 7) is 0.308. The van der Waals surface area contributed by atoms with Crippen molar-refractivity contribution in [1.82, 2.24) is 15.2 Å². The zero-order valence-corrected chi connectivity index (χ0v) is 11.3. The highest BCUT2D eigenvalue weighted by Gasteiger charge is 2.08. The Labute approximate surface area is 118 Å². The summed E-state index contributed by atoms with van der Waals surface area (Å²) in [5.74, 6) is 0.661. The number of anilines is 1. The maximum Gasteiger partial charge on any atom is 0.203 e. The van der Waals surface area contributed by atoms with E-state index in [0.29, 0.717) is 22.5 Å². The van der Waals surface area contributed by atoms with Gasteiger partial charge in [0.05, 0.1) is 5.02 Å². The molecule has 19 heavy (non-hydrogen) atoms. The molecule has 0 fully saturated rings. The minimum Gasteiger partial charge on any atom is -0.484 e. The van der Waals surface area contributed by atoms with E-state index in [4.69, 9.17) is 22.1 Å². The van der Waals surface area contributed by atoms with Gasteiger partial charge >= 0.3 is 0 Å². The minimum atomic E-state index is 0.308. The van der Waals surface area contributed by atoms with Gasteiger partial charge in [0.1, 0.15) is 17.9 Å². The van der Waals surface area contributed by atoms with Crippen molar-refractivity contribution in [1.29, 1.82) is 0 Å². The minimum absolute atomic E-state index is 0.308. The summed E-state index contributed by atoms with van der Waals surface area (Å²) in [5, 5.41) is 10.3. The zero-order chi connectivity index (χ0) is 13.2. The maximum absolute atomic E-state index is 6.12. The Kier molecular flexibility index (Phi) is 3.18. The standard InChI is InChI=1S/C12H9ClN4OS/c13-8-3-4-9(11-7(8)2-1-5-15-11)18-6-10-16-17-12(14)19-10/h1-5H,6H2,(H2,14,17). The number of hydrogen-bond donors (Lipinski definition) is 1. The topological polar surface area (TPSA) is 73.9 Å². The van der Waals surface area contributed by atoms with Crippen molar-refractivity contribution in [3.63, 3.8) is 0 Å². The second kappa shape index (κ2) is 4.99. The van der Waals surface area contributed by atoms with Crippen LogP contribution in [-0.2, 0) is 6.61 Å². The summed E-state index contributed by atoms with van der Waals surface area (Å²) in [6.07, 6.45) is 1.70. The SMILES string of the molecule is Nc1nnc(COc2ccc(Cl)c3cccnc23)s1. The van der Waals surface area contributed by atoms with Crippen molar-refractivity contribution in [3.05, 3.63) is 40.5 Å². The van der Waals surface area contributed by atoms with Crippen LogP contribution in [0.1, 0.15) is 5.01 Å². The van der Waals surface area contributed by atoms with Gasteiger partial charge in [-0.25, -0.2) is 0 Å². The number of aromatic nitrogens is 3. The molecule has 2 N–H and O–H groups in total. The fourth-order valence-electron chi connectivity index (χ4n) is 1.69. The number of fused-ring (bicyclic) bond motifs is 1. The number of halogens is 1.